The summed E-state index contributed by atoms with van der Waals surface area (Å²) in [5.74, 6) is 0.0327. The van der Waals surface area contributed by atoms with Crippen molar-refractivity contribution in [3.63, 3.8) is 0 Å². The molecule has 0 aromatic heterocycles. The number of carbonyl (C=O) groups is 2. The third-order valence-electron chi connectivity index (χ3n) is 3.01. The normalized spacial score (nSPS) is 10.0. The Balaban J connectivity index is 1.70. The van der Waals surface area contributed by atoms with Crippen molar-refractivity contribution in [1.29, 1.82) is 0 Å². The Hall–Kier alpha value is -2.34. The van der Waals surface area contributed by atoms with Crippen LogP contribution in [-0.4, -0.2) is 18.4 Å². The number of rotatable bonds is 5. The van der Waals surface area contributed by atoms with E-state index in [0.717, 1.165) is 15.8 Å². The van der Waals surface area contributed by atoms with Gasteiger partial charge >= 0.3 is 0 Å². The summed E-state index contributed by atoms with van der Waals surface area (Å²) in [5.41, 5.74) is 6.28. The number of hydrogen-bond acceptors (Lipinski definition) is 3. The molecule has 2 amide bonds. The van der Waals surface area contributed by atoms with Crippen LogP contribution in [0.3, 0.4) is 0 Å². The summed E-state index contributed by atoms with van der Waals surface area (Å²) >= 11 is 3.29. The smallest absolute Gasteiger partial charge is 0.269 e. The second-order valence-electron chi connectivity index (χ2n) is 4.92. The van der Waals surface area contributed by atoms with E-state index in [1.165, 1.54) is 0 Å². The van der Waals surface area contributed by atoms with Gasteiger partial charge in [-0.15, -0.1) is 0 Å². The zero-order valence-electron chi connectivity index (χ0n) is 12.6. The Morgan fingerprint density at radius 1 is 1.09 bits per heavy atom. The molecule has 0 spiro atoms. The predicted molar refractivity (Wildman–Crippen MR) is 91.0 cm³/mol. The molecule has 0 saturated carbocycles. The highest BCUT2D eigenvalue weighted by atomic mass is 79.9. The molecule has 23 heavy (non-hydrogen) atoms. The van der Waals surface area contributed by atoms with Crippen LogP contribution in [0, 0.1) is 6.92 Å². The Kier molecular flexibility index (Phi) is 6.17. The molecule has 2 aromatic carbocycles. The first-order valence-corrected chi connectivity index (χ1v) is 7.88. The fourth-order valence-corrected chi connectivity index (χ4v) is 2.09. The molecule has 0 atom stereocenters. The van der Waals surface area contributed by atoms with Gasteiger partial charge in [0, 0.05) is 10.0 Å². The van der Waals surface area contributed by atoms with Crippen LogP contribution in [0.1, 0.15) is 22.3 Å². The van der Waals surface area contributed by atoms with Crippen molar-refractivity contribution in [3.8, 4) is 5.75 Å². The van der Waals surface area contributed by atoms with Crippen LogP contribution in [0.15, 0.2) is 53.0 Å². The molecule has 0 fully saturated rings. The molecule has 0 radical (unpaired) electrons. The molecule has 0 aliphatic heterocycles. The van der Waals surface area contributed by atoms with Crippen LogP contribution in [0.25, 0.3) is 0 Å². The first kappa shape index (κ1) is 17.0. The molecule has 120 valence electrons. The molecule has 2 rings (SSSR count). The lowest BCUT2D eigenvalue weighted by Gasteiger charge is -2.09. The summed E-state index contributed by atoms with van der Waals surface area (Å²) in [5, 5.41) is 0. The fourth-order valence-electron chi connectivity index (χ4n) is 1.83. The number of hydrogen-bond donors (Lipinski definition) is 2. The Morgan fingerprint density at radius 2 is 1.83 bits per heavy atom. The van der Waals surface area contributed by atoms with Gasteiger partial charge in [0.25, 0.3) is 5.91 Å². The minimum absolute atomic E-state index is 0.147. The van der Waals surface area contributed by atoms with Crippen LogP contribution in [0.2, 0.25) is 0 Å². The maximum absolute atomic E-state index is 11.8. The average molecular weight is 377 g/mol. The number of benzene rings is 2. The maximum Gasteiger partial charge on any atom is 0.269 e. The topological polar surface area (TPSA) is 67.4 Å². The van der Waals surface area contributed by atoms with Crippen molar-refractivity contribution in [3.05, 3.63) is 64.1 Å². The number of halogens is 1. The monoisotopic (exact) mass is 376 g/mol. The summed E-state index contributed by atoms with van der Waals surface area (Å²) in [6.45, 7) is 2.21. The van der Waals surface area contributed by atoms with Gasteiger partial charge < -0.3 is 4.74 Å². The Morgan fingerprint density at radius 3 is 2.52 bits per heavy atom. The minimum Gasteiger partial charge on any atom is -0.493 e. The molecule has 6 heteroatoms. The van der Waals surface area contributed by atoms with Crippen LogP contribution >= 0.6 is 15.9 Å². The average Bonchev–Trinajstić information content (AvgIpc) is 2.53. The summed E-state index contributed by atoms with van der Waals surface area (Å²) in [6.07, 6.45) is 0.147. The van der Waals surface area contributed by atoms with Gasteiger partial charge in [0.15, 0.2) is 0 Å². The minimum atomic E-state index is -0.370. The maximum atomic E-state index is 11.8. The quantitative estimate of drug-likeness (QED) is 0.788. The first-order valence-electron chi connectivity index (χ1n) is 7.09. The Bertz CT molecular complexity index is 686. The van der Waals surface area contributed by atoms with Crippen LogP contribution in [0.5, 0.6) is 5.75 Å². The van der Waals surface area contributed by atoms with Gasteiger partial charge in [0.1, 0.15) is 5.75 Å². The van der Waals surface area contributed by atoms with Crippen LogP contribution in [0.4, 0.5) is 0 Å². The van der Waals surface area contributed by atoms with Gasteiger partial charge in [-0.3, -0.25) is 20.4 Å². The highest BCUT2D eigenvalue weighted by Gasteiger charge is 2.07. The van der Waals surface area contributed by atoms with E-state index in [4.69, 9.17) is 4.74 Å². The number of amides is 2. The number of carbonyl (C=O) groups excluding carboxylic acids is 2. The van der Waals surface area contributed by atoms with E-state index < -0.39 is 0 Å². The molecular weight excluding hydrogens is 360 g/mol. The van der Waals surface area contributed by atoms with Crippen LogP contribution < -0.4 is 15.6 Å². The van der Waals surface area contributed by atoms with Crippen molar-refractivity contribution in [2.45, 2.75) is 13.3 Å². The third kappa shape index (κ3) is 5.75. The lowest BCUT2D eigenvalue weighted by molar-refractivity contribution is -0.122. The van der Waals surface area contributed by atoms with E-state index in [-0.39, 0.29) is 24.8 Å². The zero-order chi connectivity index (χ0) is 16.7. The molecule has 0 aliphatic carbocycles. The zero-order valence-corrected chi connectivity index (χ0v) is 14.2. The van der Waals surface area contributed by atoms with E-state index >= 15 is 0 Å². The fraction of sp³-hybridized carbons (Fsp3) is 0.176. The van der Waals surface area contributed by atoms with Crippen molar-refractivity contribution >= 4 is 27.7 Å². The molecule has 0 aliphatic rings. The van der Waals surface area contributed by atoms with Gasteiger partial charge in [-0.05, 0) is 48.9 Å². The van der Waals surface area contributed by atoms with Gasteiger partial charge in [-0.25, -0.2) is 0 Å². The summed E-state index contributed by atoms with van der Waals surface area (Å²) < 4.78 is 6.36. The summed E-state index contributed by atoms with van der Waals surface area (Å²) in [7, 11) is 0. The van der Waals surface area contributed by atoms with E-state index in [1.54, 1.807) is 24.3 Å². The van der Waals surface area contributed by atoms with E-state index in [0.29, 0.717) is 5.56 Å². The van der Waals surface area contributed by atoms with Crippen molar-refractivity contribution < 1.29 is 14.3 Å². The first-order chi connectivity index (χ1) is 11.0. The third-order valence-corrected chi connectivity index (χ3v) is 3.54. The largest absolute Gasteiger partial charge is 0.493 e. The molecular formula is C17H17BrN2O3. The Labute approximate surface area is 143 Å². The lowest BCUT2D eigenvalue weighted by Crippen LogP contribution is -2.42. The van der Waals surface area contributed by atoms with E-state index in [1.807, 2.05) is 31.2 Å². The molecule has 0 unspecified atom stereocenters. The van der Waals surface area contributed by atoms with Gasteiger partial charge in [-0.1, -0.05) is 28.1 Å². The number of hydrazine groups is 1. The lowest BCUT2D eigenvalue weighted by atomic mass is 10.2. The van der Waals surface area contributed by atoms with E-state index in [9.17, 15) is 9.59 Å². The van der Waals surface area contributed by atoms with Gasteiger partial charge in [-0.2, -0.15) is 0 Å². The summed E-state index contributed by atoms with van der Waals surface area (Å²) in [6, 6.07) is 14.4. The van der Waals surface area contributed by atoms with Crippen molar-refractivity contribution in [2.24, 2.45) is 0 Å². The molecule has 0 bridgehead atoms. The van der Waals surface area contributed by atoms with Crippen molar-refractivity contribution in [2.75, 3.05) is 6.61 Å². The second kappa shape index (κ2) is 8.33. The summed E-state index contributed by atoms with van der Waals surface area (Å²) in [4.78, 5) is 23.5. The molecule has 0 heterocycles. The van der Waals surface area contributed by atoms with Crippen molar-refractivity contribution in [1.82, 2.24) is 10.9 Å². The second-order valence-corrected chi connectivity index (χ2v) is 5.84. The van der Waals surface area contributed by atoms with Gasteiger partial charge in [0.2, 0.25) is 5.91 Å². The standard InChI is InChI=1S/C17H17BrN2O3/c1-12-3-2-4-15(11-12)23-10-9-16(21)19-20-17(22)13-5-7-14(18)8-6-13/h2-8,11H,9-10H2,1H3,(H,19,21)(H,20,22). The molecule has 0 saturated heterocycles. The molecule has 5 nitrogen and oxygen atoms in total. The highest BCUT2D eigenvalue weighted by Crippen LogP contribution is 2.12. The van der Waals surface area contributed by atoms with Crippen LogP contribution in [-0.2, 0) is 4.79 Å². The highest BCUT2D eigenvalue weighted by molar-refractivity contribution is 9.10. The molecule has 2 N–H and O–H groups in total. The number of nitrogens with one attached hydrogen (secondary N) is 2. The predicted octanol–water partition coefficient (Wildman–Crippen LogP) is 2.99. The SMILES string of the molecule is Cc1cccc(OCCC(=O)NNC(=O)c2ccc(Br)cc2)c1. The van der Waals surface area contributed by atoms with E-state index in [2.05, 4.69) is 26.8 Å². The molecule has 2 aromatic rings. The number of aryl methyl sites for hydroxylation is 1. The number of ether oxygens (including phenoxy) is 1. The van der Waals surface area contributed by atoms with Gasteiger partial charge in [0.05, 0.1) is 13.0 Å².